The highest BCUT2D eigenvalue weighted by Crippen LogP contribution is 2.38. The van der Waals surface area contributed by atoms with Crippen molar-refractivity contribution in [1.82, 2.24) is 4.90 Å². The Bertz CT molecular complexity index is 553. The lowest BCUT2D eigenvalue weighted by Gasteiger charge is -2.26. The zero-order valence-electron chi connectivity index (χ0n) is 12.1. The molecule has 114 valence electrons. The van der Waals surface area contributed by atoms with Gasteiger partial charge in [0, 0.05) is 19.2 Å². The Morgan fingerprint density at radius 3 is 2.38 bits per heavy atom. The number of carbonyl (C=O) groups excluding carboxylic acids is 1. The molecule has 1 aromatic carbocycles. The number of nitrogens with zero attached hydrogens (tertiary/aromatic N) is 2. The number of carbonyl (C=O) groups is 1. The van der Waals surface area contributed by atoms with Gasteiger partial charge >= 0.3 is 5.69 Å². The summed E-state index contributed by atoms with van der Waals surface area (Å²) >= 11 is 0. The number of benzene rings is 1. The first kappa shape index (κ1) is 15.1. The number of rotatable bonds is 4. The highest BCUT2D eigenvalue weighted by molar-refractivity contribution is 5.96. The van der Waals surface area contributed by atoms with E-state index in [1.54, 1.807) is 4.90 Å². The number of ether oxygens (including phenoxy) is 2. The van der Waals surface area contributed by atoms with Crippen molar-refractivity contribution < 1.29 is 19.2 Å². The third-order valence-electron chi connectivity index (χ3n) is 3.55. The molecule has 1 fully saturated rings. The predicted octanol–water partition coefficient (Wildman–Crippen LogP) is 2.24. The van der Waals surface area contributed by atoms with Gasteiger partial charge in [0.2, 0.25) is 5.75 Å². The molecule has 1 saturated heterocycles. The summed E-state index contributed by atoms with van der Waals surface area (Å²) in [6.07, 6.45) is 3.03. The van der Waals surface area contributed by atoms with E-state index in [1.165, 1.54) is 26.4 Å². The average molecular weight is 294 g/mol. The van der Waals surface area contributed by atoms with E-state index in [9.17, 15) is 14.9 Å². The molecule has 0 radical (unpaired) electrons. The molecule has 0 unspecified atom stereocenters. The molecule has 0 bridgehead atoms. The number of amides is 1. The summed E-state index contributed by atoms with van der Waals surface area (Å²) in [7, 11) is 2.72. The summed E-state index contributed by atoms with van der Waals surface area (Å²) in [5, 5.41) is 11.1. The Morgan fingerprint density at radius 2 is 1.86 bits per heavy atom. The van der Waals surface area contributed by atoms with Crippen LogP contribution in [0.1, 0.15) is 29.6 Å². The molecule has 1 amide bonds. The molecule has 0 aliphatic carbocycles. The van der Waals surface area contributed by atoms with E-state index in [0.717, 1.165) is 19.3 Å². The molecular formula is C14H18N2O5. The van der Waals surface area contributed by atoms with Crippen LogP contribution in [0.3, 0.4) is 0 Å². The first-order valence-electron chi connectivity index (χ1n) is 6.78. The molecule has 0 N–H and O–H groups in total. The third kappa shape index (κ3) is 3.07. The van der Waals surface area contributed by atoms with Crippen LogP contribution in [0.2, 0.25) is 0 Å². The smallest absolute Gasteiger partial charge is 0.315 e. The van der Waals surface area contributed by atoms with E-state index in [2.05, 4.69) is 0 Å². The van der Waals surface area contributed by atoms with Gasteiger partial charge in [-0.25, -0.2) is 0 Å². The van der Waals surface area contributed by atoms with Crippen LogP contribution in [0.5, 0.6) is 11.5 Å². The fourth-order valence-electron chi connectivity index (χ4n) is 2.48. The molecule has 1 aromatic rings. The molecule has 7 heteroatoms. The van der Waals surface area contributed by atoms with E-state index in [0.29, 0.717) is 13.1 Å². The minimum atomic E-state index is -0.575. The predicted molar refractivity (Wildman–Crippen MR) is 76.0 cm³/mol. The first-order chi connectivity index (χ1) is 10.1. The molecular weight excluding hydrogens is 276 g/mol. The van der Waals surface area contributed by atoms with Gasteiger partial charge in [0.25, 0.3) is 5.91 Å². The van der Waals surface area contributed by atoms with Crippen LogP contribution in [-0.2, 0) is 0 Å². The topological polar surface area (TPSA) is 81.9 Å². The lowest BCUT2D eigenvalue weighted by Crippen LogP contribution is -2.35. The van der Waals surface area contributed by atoms with E-state index < -0.39 is 4.92 Å². The second kappa shape index (κ2) is 6.43. The molecule has 0 atom stereocenters. The molecule has 7 nitrogen and oxygen atoms in total. The fraction of sp³-hybridized carbons (Fsp3) is 0.500. The zero-order chi connectivity index (χ0) is 15.4. The molecule has 1 aliphatic heterocycles. The van der Waals surface area contributed by atoms with E-state index in [-0.39, 0.29) is 28.7 Å². The Balaban J connectivity index is 2.41. The second-order valence-electron chi connectivity index (χ2n) is 4.84. The van der Waals surface area contributed by atoms with Crippen LogP contribution < -0.4 is 9.47 Å². The van der Waals surface area contributed by atoms with Crippen molar-refractivity contribution >= 4 is 11.6 Å². The van der Waals surface area contributed by atoms with Gasteiger partial charge < -0.3 is 14.4 Å². The maximum absolute atomic E-state index is 12.4. The highest BCUT2D eigenvalue weighted by atomic mass is 16.6. The van der Waals surface area contributed by atoms with Crippen molar-refractivity contribution in [2.24, 2.45) is 0 Å². The Labute approximate surface area is 122 Å². The first-order valence-corrected chi connectivity index (χ1v) is 6.78. The number of piperidine rings is 1. The van der Waals surface area contributed by atoms with Gasteiger partial charge in [0.05, 0.1) is 24.7 Å². The summed E-state index contributed by atoms with van der Waals surface area (Å²) < 4.78 is 10.1. The average Bonchev–Trinajstić information content (AvgIpc) is 2.53. The number of hydrogen-bond acceptors (Lipinski definition) is 5. The van der Waals surface area contributed by atoms with E-state index in [4.69, 9.17) is 9.47 Å². The normalized spacial score (nSPS) is 14.7. The van der Waals surface area contributed by atoms with Crippen molar-refractivity contribution in [2.75, 3.05) is 27.3 Å². The Morgan fingerprint density at radius 1 is 1.19 bits per heavy atom. The SMILES string of the molecule is COc1cc(C(=O)N2CCCCC2)cc([N+](=O)[O-])c1OC. The molecule has 0 saturated carbocycles. The summed E-state index contributed by atoms with van der Waals surface area (Å²) in [5.41, 5.74) is -0.0153. The number of methoxy groups -OCH3 is 2. The van der Waals surface area contributed by atoms with Gasteiger partial charge in [0.15, 0.2) is 5.75 Å². The van der Waals surface area contributed by atoms with E-state index >= 15 is 0 Å². The molecule has 1 heterocycles. The minimum Gasteiger partial charge on any atom is -0.493 e. The molecule has 0 spiro atoms. The molecule has 0 aromatic heterocycles. The molecule has 2 rings (SSSR count). The van der Waals surface area contributed by atoms with Crippen molar-refractivity contribution in [3.63, 3.8) is 0 Å². The van der Waals surface area contributed by atoms with Gasteiger partial charge in [-0.3, -0.25) is 14.9 Å². The Kier molecular flexibility index (Phi) is 4.62. The van der Waals surface area contributed by atoms with Crippen LogP contribution >= 0.6 is 0 Å². The zero-order valence-corrected chi connectivity index (χ0v) is 12.1. The molecule has 1 aliphatic rings. The number of nitro groups is 1. The largest absolute Gasteiger partial charge is 0.493 e. The fourth-order valence-corrected chi connectivity index (χ4v) is 2.48. The van der Waals surface area contributed by atoms with Crippen LogP contribution in [0.4, 0.5) is 5.69 Å². The van der Waals surface area contributed by atoms with E-state index in [1.807, 2.05) is 0 Å². The second-order valence-corrected chi connectivity index (χ2v) is 4.84. The standard InChI is InChI=1S/C14H18N2O5/c1-20-12-9-10(8-11(16(18)19)13(12)21-2)14(17)15-6-4-3-5-7-15/h8-9H,3-7H2,1-2H3. The van der Waals surface area contributed by atoms with Crippen molar-refractivity contribution in [1.29, 1.82) is 0 Å². The quantitative estimate of drug-likeness (QED) is 0.628. The van der Waals surface area contributed by atoms with Gasteiger partial charge in [-0.05, 0) is 25.3 Å². The highest BCUT2D eigenvalue weighted by Gasteiger charge is 2.26. The Hall–Kier alpha value is -2.31. The molecule has 21 heavy (non-hydrogen) atoms. The van der Waals surface area contributed by atoms with Gasteiger partial charge in [-0.15, -0.1) is 0 Å². The summed E-state index contributed by atoms with van der Waals surface area (Å²) in [5.74, 6) is 0.00325. The minimum absolute atomic E-state index is 0.0256. The van der Waals surface area contributed by atoms with Gasteiger partial charge in [0.1, 0.15) is 0 Å². The number of nitro benzene ring substituents is 1. The van der Waals surface area contributed by atoms with Crippen LogP contribution in [0, 0.1) is 10.1 Å². The number of hydrogen-bond donors (Lipinski definition) is 0. The van der Waals surface area contributed by atoms with Crippen molar-refractivity contribution in [3.8, 4) is 11.5 Å². The van der Waals surface area contributed by atoms with Gasteiger partial charge in [-0.2, -0.15) is 0 Å². The number of likely N-dealkylation sites (tertiary alicyclic amines) is 1. The lowest BCUT2D eigenvalue weighted by atomic mass is 10.1. The van der Waals surface area contributed by atoms with Crippen LogP contribution in [0.25, 0.3) is 0 Å². The lowest BCUT2D eigenvalue weighted by molar-refractivity contribution is -0.385. The summed E-state index contributed by atoms with van der Waals surface area (Å²) in [6, 6.07) is 2.74. The summed E-state index contributed by atoms with van der Waals surface area (Å²) in [4.78, 5) is 24.7. The van der Waals surface area contributed by atoms with Crippen LogP contribution in [0.15, 0.2) is 12.1 Å². The monoisotopic (exact) mass is 294 g/mol. The maximum atomic E-state index is 12.4. The third-order valence-corrected chi connectivity index (χ3v) is 3.55. The van der Waals surface area contributed by atoms with Crippen molar-refractivity contribution in [3.05, 3.63) is 27.8 Å². The van der Waals surface area contributed by atoms with Crippen LogP contribution in [-0.4, -0.2) is 43.0 Å². The maximum Gasteiger partial charge on any atom is 0.315 e. The van der Waals surface area contributed by atoms with Gasteiger partial charge in [-0.1, -0.05) is 0 Å². The summed E-state index contributed by atoms with van der Waals surface area (Å²) in [6.45, 7) is 1.36. The van der Waals surface area contributed by atoms with Crippen molar-refractivity contribution in [2.45, 2.75) is 19.3 Å².